The van der Waals surface area contributed by atoms with Gasteiger partial charge in [0.1, 0.15) is 12.1 Å². The lowest BCUT2D eigenvalue weighted by Gasteiger charge is -2.33. The molecule has 1 aliphatic heterocycles. The minimum Gasteiger partial charge on any atom is -0.356 e. The number of halogens is 2. The van der Waals surface area contributed by atoms with Gasteiger partial charge in [-0.1, -0.05) is 6.42 Å². The van der Waals surface area contributed by atoms with E-state index in [0.29, 0.717) is 31.8 Å². The third kappa shape index (κ3) is 1.82. The van der Waals surface area contributed by atoms with Gasteiger partial charge in [0.15, 0.2) is 0 Å². The molecule has 1 aromatic rings. The van der Waals surface area contributed by atoms with Crippen molar-refractivity contribution in [2.24, 2.45) is 5.41 Å². The molecule has 3 fully saturated rings. The van der Waals surface area contributed by atoms with Crippen molar-refractivity contribution in [1.82, 2.24) is 9.97 Å². The molecule has 3 aliphatic rings. The average Bonchev–Trinajstić information content (AvgIpc) is 2.89. The lowest BCUT2D eigenvalue weighted by atomic mass is 9.83. The fraction of sp³-hybridized carbons (Fsp3) is 0.733. The zero-order chi connectivity index (χ0) is 13.8. The summed E-state index contributed by atoms with van der Waals surface area (Å²) in [6, 6.07) is 2.06. The van der Waals surface area contributed by atoms with Crippen LogP contribution in [0.1, 0.15) is 50.1 Å². The number of anilines is 1. The molecule has 0 N–H and O–H groups in total. The lowest BCUT2D eigenvalue weighted by Crippen LogP contribution is -2.37. The number of rotatable bonds is 2. The summed E-state index contributed by atoms with van der Waals surface area (Å²) >= 11 is 0. The molecule has 0 aromatic carbocycles. The molecule has 1 saturated heterocycles. The van der Waals surface area contributed by atoms with E-state index in [1.165, 1.54) is 19.3 Å². The van der Waals surface area contributed by atoms with Crippen LogP contribution in [0.3, 0.4) is 0 Å². The fourth-order valence-corrected chi connectivity index (χ4v) is 3.55. The number of aromatic nitrogens is 2. The molecule has 108 valence electrons. The van der Waals surface area contributed by atoms with E-state index in [0.717, 1.165) is 11.5 Å². The summed E-state index contributed by atoms with van der Waals surface area (Å²) in [5.41, 5.74) is 0.436. The highest BCUT2D eigenvalue weighted by Crippen LogP contribution is 2.65. The summed E-state index contributed by atoms with van der Waals surface area (Å²) in [6.07, 6.45) is 6.60. The number of piperidine rings is 1. The van der Waals surface area contributed by atoms with Crippen LogP contribution in [0.15, 0.2) is 12.4 Å². The maximum atomic E-state index is 13.4. The van der Waals surface area contributed by atoms with Crippen LogP contribution in [0.25, 0.3) is 0 Å². The molecule has 0 unspecified atom stereocenters. The third-order valence-corrected chi connectivity index (χ3v) is 5.45. The molecule has 2 aliphatic carbocycles. The van der Waals surface area contributed by atoms with Crippen molar-refractivity contribution in [2.75, 3.05) is 18.0 Å². The fourth-order valence-electron chi connectivity index (χ4n) is 3.55. The second-order valence-electron chi connectivity index (χ2n) is 6.58. The Balaban J connectivity index is 1.46. The molecular formula is C15H19F2N3. The normalized spacial score (nSPS) is 27.4. The molecular weight excluding hydrogens is 260 g/mol. The van der Waals surface area contributed by atoms with Crippen molar-refractivity contribution in [3.8, 4) is 0 Å². The number of hydrogen-bond acceptors (Lipinski definition) is 3. The highest BCUT2D eigenvalue weighted by Gasteiger charge is 2.70. The van der Waals surface area contributed by atoms with E-state index in [4.69, 9.17) is 0 Å². The Morgan fingerprint density at radius 3 is 2.40 bits per heavy atom. The maximum Gasteiger partial charge on any atom is 0.254 e. The van der Waals surface area contributed by atoms with Crippen molar-refractivity contribution in [3.05, 3.63) is 18.1 Å². The minimum atomic E-state index is -2.41. The van der Waals surface area contributed by atoms with Crippen molar-refractivity contribution >= 4 is 5.82 Å². The Morgan fingerprint density at radius 1 is 1.15 bits per heavy atom. The monoisotopic (exact) mass is 279 g/mol. The topological polar surface area (TPSA) is 29.0 Å². The molecule has 0 radical (unpaired) electrons. The van der Waals surface area contributed by atoms with Gasteiger partial charge in [0, 0.05) is 42.6 Å². The average molecular weight is 279 g/mol. The first-order valence-corrected chi connectivity index (χ1v) is 7.54. The molecule has 1 aromatic heterocycles. The van der Waals surface area contributed by atoms with Gasteiger partial charge < -0.3 is 4.90 Å². The summed E-state index contributed by atoms with van der Waals surface area (Å²) < 4.78 is 26.8. The zero-order valence-corrected chi connectivity index (χ0v) is 11.5. The van der Waals surface area contributed by atoms with E-state index in [-0.39, 0.29) is 6.42 Å². The molecule has 3 nitrogen and oxygen atoms in total. The molecule has 4 rings (SSSR count). The molecule has 2 heterocycles. The lowest BCUT2D eigenvalue weighted by molar-refractivity contribution is 0.0536. The number of nitrogens with zero attached hydrogens (tertiary/aromatic N) is 3. The standard InChI is InChI=1S/C15H19F2N3/c16-15(17)9-14(15)4-6-20(7-5-14)13-8-12(18-10-19-13)11-2-1-3-11/h8,10-11H,1-7,9H2. The number of hydrogen-bond donors (Lipinski definition) is 0. The van der Waals surface area contributed by atoms with Crippen molar-refractivity contribution < 1.29 is 8.78 Å². The van der Waals surface area contributed by atoms with E-state index < -0.39 is 11.3 Å². The van der Waals surface area contributed by atoms with Gasteiger partial charge in [-0.05, 0) is 25.7 Å². The summed E-state index contributed by atoms with van der Waals surface area (Å²) in [7, 11) is 0. The number of alkyl halides is 2. The third-order valence-electron chi connectivity index (χ3n) is 5.45. The van der Waals surface area contributed by atoms with Gasteiger partial charge in [0.05, 0.1) is 0 Å². The highest BCUT2D eigenvalue weighted by molar-refractivity contribution is 5.41. The minimum absolute atomic E-state index is 0.0882. The Kier molecular flexibility index (Phi) is 2.57. The van der Waals surface area contributed by atoms with Gasteiger partial charge in [0.2, 0.25) is 0 Å². The van der Waals surface area contributed by atoms with Crippen LogP contribution in [0.2, 0.25) is 0 Å². The summed E-state index contributed by atoms with van der Waals surface area (Å²) in [5.74, 6) is -0.914. The second-order valence-corrected chi connectivity index (χ2v) is 6.58. The Labute approximate surface area is 117 Å². The van der Waals surface area contributed by atoms with Gasteiger partial charge in [-0.3, -0.25) is 0 Å². The van der Waals surface area contributed by atoms with E-state index in [1.54, 1.807) is 6.33 Å². The Bertz CT molecular complexity index is 520. The summed E-state index contributed by atoms with van der Waals surface area (Å²) in [4.78, 5) is 10.8. The zero-order valence-electron chi connectivity index (χ0n) is 11.5. The smallest absolute Gasteiger partial charge is 0.254 e. The molecule has 1 spiro atoms. The van der Waals surface area contributed by atoms with Gasteiger partial charge in [-0.15, -0.1) is 0 Å². The Morgan fingerprint density at radius 2 is 1.85 bits per heavy atom. The van der Waals surface area contributed by atoms with Gasteiger partial charge in [0.25, 0.3) is 5.92 Å². The van der Waals surface area contributed by atoms with Crippen molar-refractivity contribution in [2.45, 2.75) is 50.4 Å². The van der Waals surface area contributed by atoms with Crippen molar-refractivity contribution in [3.63, 3.8) is 0 Å². The van der Waals surface area contributed by atoms with Crippen LogP contribution in [0, 0.1) is 5.41 Å². The van der Waals surface area contributed by atoms with Crippen LogP contribution >= 0.6 is 0 Å². The second kappa shape index (κ2) is 4.12. The first-order valence-electron chi connectivity index (χ1n) is 7.54. The van der Waals surface area contributed by atoms with E-state index >= 15 is 0 Å². The highest BCUT2D eigenvalue weighted by atomic mass is 19.3. The predicted octanol–water partition coefficient (Wildman–Crippen LogP) is 3.37. The van der Waals surface area contributed by atoms with Crippen LogP contribution in [0.4, 0.5) is 14.6 Å². The van der Waals surface area contributed by atoms with E-state index in [2.05, 4.69) is 20.9 Å². The molecule has 20 heavy (non-hydrogen) atoms. The Hall–Kier alpha value is -1.26. The largest absolute Gasteiger partial charge is 0.356 e. The SMILES string of the molecule is FC1(F)CC12CCN(c1cc(C3CCC3)ncn1)CC2. The van der Waals surface area contributed by atoms with Crippen LogP contribution < -0.4 is 4.90 Å². The maximum absolute atomic E-state index is 13.4. The first kappa shape index (κ1) is 12.5. The van der Waals surface area contributed by atoms with Gasteiger partial charge in [-0.2, -0.15) is 0 Å². The summed E-state index contributed by atoms with van der Waals surface area (Å²) in [5, 5.41) is 0. The summed E-state index contributed by atoms with van der Waals surface area (Å²) in [6.45, 7) is 1.38. The van der Waals surface area contributed by atoms with E-state index in [9.17, 15) is 8.78 Å². The van der Waals surface area contributed by atoms with E-state index in [1.807, 2.05) is 0 Å². The van der Waals surface area contributed by atoms with Gasteiger partial charge >= 0.3 is 0 Å². The quantitative estimate of drug-likeness (QED) is 0.831. The van der Waals surface area contributed by atoms with Crippen LogP contribution in [0.5, 0.6) is 0 Å². The van der Waals surface area contributed by atoms with Crippen LogP contribution in [-0.2, 0) is 0 Å². The molecule has 2 saturated carbocycles. The van der Waals surface area contributed by atoms with Crippen LogP contribution in [-0.4, -0.2) is 29.0 Å². The first-order chi connectivity index (χ1) is 9.60. The van der Waals surface area contributed by atoms with Gasteiger partial charge in [-0.25, -0.2) is 18.7 Å². The van der Waals surface area contributed by atoms with Crippen molar-refractivity contribution in [1.29, 1.82) is 0 Å². The predicted molar refractivity (Wildman–Crippen MR) is 72.1 cm³/mol. The molecule has 5 heteroatoms. The molecule has 0 atom stereocenters. The molecule has 0 bridgehead atoms. The molecule has 0 amide bonds.